The first-order chi connectivity index (χ1) is 4.69. The van der Waals surface area contributed by atoms with Gasteiger partial charge in [0.1, 0.15) is 5.17 Å². The van der Waals surface area contributed by atoms with E-state index in [4.69, 9.17) is 23.2 Å². The first-order valence-electron chi connectivity index (χ1n) is 2.83. The molecule has 1 atom stereocenters. The van der Waals surface area contributed by atoms with Gasteiger partial charge in [0.25, 0.3) is 0 Å². The molecule has 1 unspecified atom stereocenters. The van der Waals surface area contributed by atoms with Crippen molar-refractivity contribution in [2.75, 3.05) is 5.88 Å². The summed E-state index contributed by atoms with van der Waals surface area (Å²) in [7, 11) is 0. The lowest BCUT2D eigenvalue weighted by atomic mass is 10.1. The summed E-state index contributed by atoms with van der Waals surface area (Å²) in [5.41, 5.74) is 0. The van der Waals surface area contributed by atoms with Crippen LogP contribution in [-0.4, -0.2) is 15.4 Å². The third-order valence-corrected chi connectivity index (χ3v) is 3.76. The summed E-state index contributed by atoms with van der Waals surface area (Å²) in [6, 6.07) is 0. The highest BCUT2D eigenvalue weighted by Gasteiger charge is 2.31. The second kappa shape index (κ2) is 3.24. The van der Waals surface area contributed by atoms with Gasteiger partial charge < -0.3 is 0 Å². The van der Waals surface area contributed by atoms with E-state index in [1.54, 1.807) is 6.20 Å². The highest BCUT2D eigenvalue weighted by molar-refractivity contribution is 9.10. The summed E-state index contributed by atoms with van der Waals surface area (Å²) in [6.45, 7) is 0. The summed E-state index contributed by atoms with van der Waals surface area (Å²) in [6.07, 6.45) is 4.43. The van der Waals surface area contributed by atoms with Gasteiger partial charge in [0.15, 0.2) is 0 Å². The summed E-state index contributed by atoms with van der Waals surface area (Å²) in [5.74, 6) is 0.444. The van der Waals surface area contributed by atoms with Gasteiger partial charge in [-0.25, -0.2) is 4.99 Å². The number of aliphatic imine (C=N–C) groups is 1. The average Bonchev–Trinajstić information content (AvgIpc) is 1.96. The molecule has 0 saturated heterocycles. The number of nitrogens with zero attached hydrogens (tertiary/aromatic N) is 1. The van der Waals surface area contributed by atoms with Crippen LogP contribution in [0.1, 0.15) is 6.42 Å². The molecule has 1 aliphatic heterocycles. The van der Waals surface area contributed by atoms with Gasteiger partial charge in [0.05, 0.1) is 4.32 Å². The van der Waals surface area contributed by atoms with E-state index in [0.717, 1.165) is 6.42 Å². The minimum atomic E-state index is -0.315. The van der Waals surface area contributed by atoms with Crippen LogP contribution < -0.4 is 0 Å². The fourth-order valence-electron chi connectivity index (χ4n) is 0.667. The summed E-state index contributed by atoms with van der Waals surface area (Å²) >= 11 is 14.9. The van der Waals surface area contributed by atoms with E-state index in [0.29, 0.717) is 11.1 Å². The minimum Gasteiger partial charge on any atom is -0.248 e. The molecule has 0 fully saturated rings. The summed E-state index contributed by atoms with van der Waals surface area (Å²) < 4.78 is -0.315. The summed E-state index contributed by atoms with van der Waals surface area (Å²) in [5, 5.41) is 0.532. The SMILES string of the molecule is ClCC1(Br)CC=CN=C1Cl. The maximum absolute atomic E-state index is 5.79. The van der Waals surface area contributed by atoms with Gasteiger partial charge in [0.2, 0.25) is 0 Å². The van der Waals surface area contributed by atoms with E-state index in [1.807, 2.05) is 6.08 Å². The van der Waals surface area contributed by atoms with Gasteiger partial charge in [-0.2, -0.15) is 0 Å². The zero-order chi connectivity index (χ0) is 7.61. The van der Waals surface area contributed by atoms with E-state index in [2.05, 4.69) is 20.9 Å². The molecule has 0 aromatic carbocycles. The van der Waals surface area contributed by atoms with Gasteiger partial charge in [-0.15, -0.1) is 11.6 Å². The lowest BCUT2D eigenvalue weighted by Gasteiger charge is -2.23. The molecule has 1 rings (SSSR count). The standard InChI is InChI=1S/C6H6BrCl2N/c7-6(4-8)2-1-3-10-5(6)9/h1,3H,2,4H2. The van der Waals surface area contributed by atoms with Crippen molar-refractivity contribution < 1.29 is 0 Å². The van der Waals surface area contributed by atoms with E-state index >= 15 is 0 Å². The summed E-state index contributed by atoms with van der Waals surface area (Å²) in [4.78, 5) is 3.92. The molecule has 1 nitrogen and oxygen atoms in total. The molecular weight excluding hydrogens is 237 g/mol. The Kier molecular flexibility index (Phi) is 2.78. The molecule has 0 radical (unpaired) electrons. The lowest BCUT2D eigenvalue weighted by Crippen LogP contribution is -2.31. The van der Waals surface area contributed by atoms with Crippen molar-refractivity contribution in [2.24, 2.45) is 4.99 Å². The van der Waals surface area contributed by atoms with Gasteiger partial charge in [0, 0.05) is 12.1 Å². The molecule has 0 amide bonds. The normalized spacial score (nSPS) is 32.1. The van der Waals surface area contributed by atoms with Crippen LogP contribution >= 0.6 is 39.1 Å². The highest BCUT2D eigenvalue weighted by atomic mass is 79.9. The molecule has 0 spiro atoms. The molecule has 1 heterocycles. The molecule has 0 N–H and O–H groups in total. The quantitative estimate of drug-likeness (QED) is 0.628. The topological polar surface area (TPSA) is 12.4 Å². The second-order valence-corrected chi connectivity index (χ2v) is 4.25. The molecule has 56 valence electrons. The van der Waals surface area contributed by atoms with Crippen molar-refractivity contribution in [1.82, 2.24) is 0 Å². The van der Waals surface area contributed by atoms with Crippen molar-refractivity contribution in [1.29, 1.82) is 0 Å². The van der Waals surface area contributed by atoms with Crippen molar-refractivity contribution in [2.45, 2.75) is 10.7 Å². The zero-order valence-corrected chi connectivity index (χ0v) is 8.25. The Morgan fingerprint density at radius 2 is 2.50 bits per heavy atom. The minimum absolute atomic E-state index is 0.315. The Bertz CT molecular complexity index is 190. The highest BCUT2D eigenvalue weighted by Crippen LogP contribution is 2.31. The fourth-order valence-corrected chi connectivity index (χ4v) is 1.46. The number of halogens is 3. The predicted octanol–water partition coefficient (Wildman–Crippen LogP) is 2.91. The predicted molar refractivity (Wildman–Crippen MR) is 49.4 cm³/mol. The maximum Gasteiger partial charge on any atom is 0.124 e. The van der Waals surface area contributed by atoms with E-state index in [1.165, 1.54) is 0 Å². The molecule has 0 bridgehead atoms. The first kappa shape index (κ1) is 8.57. The van der Waals surface area contributed by atoms with Crippen molar-refractivity contribution in [3.8, 4) is 0 Å². The van der Waals surface area contributed by atoms with Crippen molar-refractivity contribution >= 4 is 44.3 Å². The number of alkyl halides is 2. The monoisotopic (exact) mass is 241 g/mol. The molecule has 0 aromatic rings. The van der Waals surface area contributed by atoms with Crippen molar-refractivity contribution in [3.63, 3.8) is 0 Å². The van der Waals surface area contributed by atoms with Crippen LogP contribution in [0.5, 0.6) is 0 Å². The Morgan fingerprint density at radius 3 is 2.90 bits per heavy atom. The molecule has 10 heavy (non-hydrogen) atoms. The van der Waals surface area contributed by atoms with Gasteiger partial charge in [-0.05, 0) is 6.42 Å². The van der Waals surface area contributed by atoms with Gasteiger partial charge >= 0.3 is 0 Å². The van der Waals surface area contributed by atoms with Gasteiger partial charge in [-0.3, -0.25) is 0 Å². The number of allylic oxidation sites excluding steroid dienone is 1. The third-order valence-electron chi connectivity index (χ3n) is 1.32. The Balaban J connectivity index is 2.81. The van der Waals surface area contributed by atoms with Crippen LogP contribution in [0, 0.1) is 0 Å². The average molecular weight is 243 g/mol. The second-order valence-electron chi connectivity index (χ2n) is 2.11. The molecule has 0 aromatic heterocycles. The molecule has 0 aliphatic carbocycles. The number of hydrogen-bond acceptors (Lipinski definition) is 1. The van der Waals surface area contributed by atoms with Crippen LogP contribution in [0.4, 0.5) is 0 Å². The molecule has 1 aliphatic rings. The molecule has 0 saturated carbocycles. The van der Waals surface area contributed by atoms with Crippen molar-refractivity contribution in [3.05, 3.63) is 12.3 Å². The van der Waals surface area contributed by atoms with E-state index < -0.39 is 0 Å². The Labute approximate surface area is 78.2 Å². The number of hydrogen-bond donors (Lipinski definition) is 0. The van der Waals surface area contributed by atoms with Gasteiger partial charge in [-0.1, -0.05) is 33.6 Å². The molecular formula is C6H6BrCl2N. The van der Waals surface area contributed by atoms with Crippen LogP contribution in [0.25, 0.3) is 0 Å². The lowest BCUT2D eigenvalue weighted by molar-refractivity contribution is 0.872. The van der Waals surface area contributed by atoms with Crippen LogP contribution in [0.15, 0.2) is 17.3 Å². The Hall–Kier alpha value is 0.470. The van der Waals surface area contributed by atoms with E-state index in [-0.39, 0.29) is 4.32 Å². The third kappa shape index (κ3) is 1.55. The maximum atomic E-state index is 5.79. The largest absolute Gasteiger partial charge is 0.248 e. The smallest absolute Gasteiger partial charge is 0.124 e. The Morgan fingerprint density at radius 1 is 1.80 bits per heavy atom. The zero-order valence-electron chi connectivity index (χ0n) is 5.15. The first-order valence-corrected chi connectivity index (χ1v) is 4.53. The van der Waals surface area contributed by atoms with Crippen LogP contribution in [0.2, 0.25) is 0 Å². The van der Waals surface area contributed by atoms with Crippen LogP contribution in [0.3, 0.4) is 0 Å². The molecule has 4 heteroatoms. The van der Waals surface area contributed by atoms with E-state index in [9.17, 15) is 0 Å². The fraction of sp³-hybridized carbons (Fsp3) is 0.500. The number of rotatable bonds is 1. The van der Waals surface area contributed by atoms with Crippen LogP contribution in [-0.2, 0) is 0 Å².